The number of nitrogens with one attached hydrogen (secondary N) is 2. The number of aryl methyl sites for hydroxylation is 1. The number of piperidine rings is 1. The highest BCUT2D eigenvalue weighted by Crippen LogP contribution is 2.19. The Hall–Kier alpha value is -3.80. The Balaban J connectivity index is 1.19. The van der Waals surface area contributed by atoms with Crippen molar-refractivity contribution in [3.05, 3.63) is 95.6 Å². The van der Waals surface area contributed by atoms with Crippen molar-refractivity contribution < 1.29 is 14.3 Å². The zero-order valence-electron chi connectivity index (χ0n) is 20.2. The van der Waals surface area contributed by atoms with Gasteiger partial charge in [0.25, 0.3) is 0 Å². The summed E-state index contributed by atoms with van der Waals surface area (Å²) in [6.07, 6.45) is 2.37. The van der Waals surface area contributed by atoms with E-state index in [0.717, 1.165) is 47.4 Å². The maximum Gasteiger partial charge on any atom is 0.321 e. The first kappa shape index (κ1) is 24.3. The fraction of sp³-hybridized carbons (Fsp3) is 0.310. The summed E-state index contributed by atoms with van der Waals surface area (Å²) in [6, 6.07) is 25.6. The van der Waals surface area contributed by atoms with Gasteiger partial charge in [0.05, 0.1) is 5.92 Å². The van der Waals surface area contributed by atoms with Crippen LogP contribution in [0.15, 0.2) is 78.9 Å². The summed E-state index contributed by atoms with van der Waals surface area (Å²) in [5.41, 5.74) is 4.14. The van der Waals surface area contributed by atoms with Crippen molar-refractivity contribution in [3.63, 3.8) is 0 Å². The zero-order chi connectivity index (χ0) is 24.5. The van der Waals surface area contributed by atoms with Gasteiger partial charge in [-0.2, -0.15) is 0 Å². The van der Waals surface area contributed by atoms with Crippen LogP contribution in [-0.4, -0.2) is 36.5 Å². The molecule has 3 amide bonds. The van der Waals surface area contributed by atoms with Crippen LogP contribution >= 0.6 is 0 Å². The van der Waals surface area contributed by atoms with Gasteiger partial charge in [0, 0.05) is 25.3 Å². The molecule has 3 aromatic carbocycles. The standard InChI is InChI=1S/C29H33N3O3/c1-22-7-5-11-26(19-22)31-29(34)32-18-6-10-25(20-32)28(33)30-17-16-23-12-14-27(15-13-23)35-21-24-8-3-2-4-9-24/h2-5,7-9,11-15,19,25H,6,10,16-18,20-21H2,1H3,(H,30,33)(H,31,34). The molecule has 0 bridgehead atoms. The zero-order valence-corrected chi connectivity index (χ0v) is 20.2. The topological polar surface area (TPSA) is 70.7 Å². The number of likely N-dealkylation sites (tertiary alicyclic amines) is 1. The SMILES string of the molecule is Cc1cccc(NC(=O)N2CCCC(C(=O)NCCc3ccc(OCc4ccccc4)cc3)C2)c1. The highest BCUT2D eigenvalue weighted by Gasteiger charge is 2.28. The summed E-state index contributed by atoms with van der Waals surface area (Å²) >= 11 is 0. The van der Waals surface area contributed by atoms with Gasteiger partial charge in [-0.1, -0.05) is 54.6 Å². The molecular weight excluding hydrogens is 438 g/mol. The van der Waals surface area contributed by atoms with Crippen molar-refractivity contribution in [2.45, 2.75) is 32.8 Å². The van der Waals surface area contributed by atoms with Gasteiger partial charge < -0.3 is 20.3 Å². The summed E-state index contributed by atoms with van der Waals surface area (Å²) in [7, 11) is 0. The van der Waals surface area contributed by atoms with Crippen LogP contribution in [0, 0.1) is 12.8 Å². The highest BCUT2D eigenvalue weighted by atomic mass is 16.5. The van der Waals surface area contributed by atoms with Gasteiger partial charge in [0.2, 0.25) is 5.91 Å². The van der Waals surface area contributed by atoms with Crippen LogP contribution in [0.4, 0.5) is 10.5 Å². The molecule has 1 aliphatic rings. The van der Waals surface area contributed by atoms with Crippen molar-refractivity contribution in [1.29, 1.82) is 0 Å². The van der Waals surface area contributed by atoms with Crippen LogP contribution in [0.25, 0.3) is 0 Å². The number of hydrogen-bond donors (Lipinski definition) is 2. The van der Waals surface area contributed by atoms with E-state index in [4.69, 9.17) is 4.74 Å². The molecule has 0 spiro atoms. The molecule has 1 saturated heterocycles. The van der Waals surface area contributed by atoms with Gasteiger partial charge >= 0.3 is 6.03 Å². The Kier molecular flexibility index (Phi) is 8.39. The summed E-state index contributed by atoms with van der Waals surface area (Å²) in [6.45, 7) is 4.20. The first-order valence-corrected chi connectivity index (χ1v) is 12.2. The predicted octanol–water partition coefficient (Wildman–Crippen LogP) is 5.18. The van der Waals surface area contributed by atoms with E-state index in [0.29, 0.717) is 26.2 Å². The molecule has 1 atom stereocenters. The lowest BCUT2D eigenvalue weighted by atomic mass is 9.97. The van der Waals surface area contributed by atoms with E-state index in [9.17, 15) is 9.59 Å². The fourth-order valence-electron chi connectivity index (χ4n) is 4.27. The molecule has 0 saturated carbocycles. The van der Waals surface area contributed by atoms with Crippen molar-refractivity contribution >= 4 is 17.6 Å². The minimum Gasteiger partial charge on any atom is -0.489 e. The molecule has 0 aromatic heterocycles. The normalized spacial score (nSPS) is 15.3. The maximum absolute atomic E-state index is 12.7. The molecule has 6 nitrogen and oxygen atoms in total. The first-order valence-electron chi connectivity index (χ1n) is 12.2. The summed E-state index contributed by atoms with van der Waals surface area (Å²) in [5.74, 6) is 0.662. The number of ether oxygens (including phenoxy) is 1. The second-order valence-electron chi connectivity index (χ2n) is 9.04. The molecular formula is C29H33N3O3. The minimum absolute atomic E-state index is 0.0147. The third kappa shape index (κ3) is 7.34. The van der Waals surface area contributed by atoms with Gasteiger partial charge in [-0.25, -0.2) is 4.79 Å². The van der Waals surface area contributed by atoms with E-state index in [1.54, 1.807) is 4.90 Å². The van der Waals surface area contributed by atoms with Crippen LogP contribution < -0.4 is 15.4 Å². The molecule has 1 fully saturated rings. The number of hydrogen-bond acceptors (Lipinski definition) is 3. The van der Waals surface area contributed by atoms with E-state index in [1.807, 2.05) is 85.8 Å². The fourth-order valence-corrected chi connectivity index (χ4v) is 4.27. The smallest absolute Gasteiger partial charge is 0.321 e. The summed E-state index contributed by atoms with van der Waals surface area (Å²) < 4.78 is 5.83. The molecule has 1 aliphatic heterocycles. The number of rotatable bonds is 8. The van der Waals surface area contributed by atoms with E-state index < -0.39 is 0 Å². The third-order valence-electron chi connectivity index (χ3n) is 6.23. The highest BCUT2D eigenvalue weighted by molar-refractivity contribution is 5.90. The predicted molar refractivity (Wildman–Crippen MR) is 138 cm³/mol. The van der Waals surface area contributed by atoms with E-state index in [-0.39, 0.29) is 17.9 Å². The second kappa shape index (κ2) is 12.1. The quantitative estimate of drug-likeness (QED) is 0.476. The van der Waals surface area contributed by atoms with E-state index in [1.165, 1.54) is 0 Å². The number of anilines is 1. The number of benzene rings is 3. The Morgan fingerprint density at radius 2 is 1.77 bits per heavy atom. The average Bonchev–Trinajstić information content (AvgIpc) is 2.89. The first-order chi connectivity index (χ1) is 17.1. The van der Waals surface area contributed by atoms with E-state index in [2.05, 4.69) is 10.6 Å². The molecule has 1 unspecified atom stereocenters. The Morgan fingerprint density at radius 3 is 2.54 bits per heavy atom. The lowest BCUT2D eigenvalue weighted by Gasteiger charge is -2.32. The lowest BCUT2D eigenvalue weighted by Crippen LogP contribution is -2.47. The number of carbonyl (C=O) groups is 2. The minimum atomic E-state index is -0.180. The lowest BCUT2D eigenvalue weighted by molar-refractivity contribution is -0.126. The number of urea groups is 1. The maximum atomic E-state index is 12.7. The van der Waals surface area contributed by atoms with Gasteiger partial charge in [-0.15, -0.1) is 0 Å². The number of amides is 3. The molecule has 4 rings (SSSR count). The number of nitrogens with zero attached hydrogens (tertiary/aromatic N) is 1. The molecule has 0 aliphatic carbocycles. The molecule has 2 N–H and O–H groups in total. The van der Waals surface area contributed by atoms with Crippen molar-refractivity contribution in [2.24, 2.45) is 5.92 Å². The molecule has 0 radical (unpaired) electrons. The van der Waals surface area contributed by atoms with E-state index >= 15 is 0 Å². The van der Waals surface area contributed by atoms with Crippen molar-refractivity contribution in [1.82, 2.24) is 10.2 Å². The molecule has 182 valence electrons. The monoisotopic (exact) mass is 471 g/mol. The molecule has 1 heterocycles. The average molecular weight is 472 g/mol. The second-order valence-corrected chi connectivity index (χ2v) is 9.04. The van der Waals surface area contributed by atoms with Gasteiger partial charge in [0.1, 0.15) is 12.4 Å². The van der Waals surface area contributed by atoms with Crippen LogP contribution in [0.1, 0.15) is 29.5 Å². The third-order valence-corrected chi connectivity index (χ3v) is 6.23. The molecule has 3 aromatic rings. The number of carbonyl (C=O) groups excluding carboxylic acids is 2. The van der Waals surface area contributed by atoms with Gasteiger partial charge in [-0.05, 0) is 67.1 Å². The van der Waals surface area contributed by atoms with Crippen molar-refractivity contribution in [2.75, 3.05) is 25.0 Å². The van der Waals surface area contributed by atoms with Crippen LogP contribution in [0.3, 0.4) is 0 Å². The molecule has 6 heteroatoms. The van der Waals surface area contributed by atoms with Crippen LogP contribution in [0.5, 0.6) is 5.75 Å². The van der Waals surface area contributed by atoms with Crippen molar-refractivity contribution in [3.8, 4) is 5.75 Å². The summed E-state index contributed by atoms with van der Waals surface area (Å²) in [5, 5.41) is 5.99. The van der Waals surface area contributed by atoms with Crippen LogP contribution in [0.2, 0.25) is 0 Å². The Morgan fingerprint density at radius 1 is 0.971 bits per heavy atom. The molecule has 35 heavy (non-hydrogen) atoms. The van der Waals surface area contributed by atoms with Gasteiger partial charge in [0.15, 0.2) is 0 Å². The van der Waals surface area contributed by atoms with Crippen LogP contribution in [-0.2, 0) is 17.8 Å². The largest absolute Gasteiger partial charge is 0.489 e. The van der Waals surface area contributed by atoms with Gasteiger partial charge in [-0.3, -0.25) is 4.79 Å². The Labute approximate surface area is 207 Å². The summed E-state index contributed by atoms with van der Waals surface area (Å²) in [4.78, 5) is 27.2. The Bertz CT molecular complexity index is 1120.